The first-order valence-corrected chi connectivity index (χ1v) is 7.46. The summed E-state index contributed by atoms with van der Waals surface area (Å²) in [6.45, 7) is 8.13. The number of nitrogens with zero attached hydrogens (tertiary/aromatic N) is 2. The van der Waals surface area contributed by atoms with E-state index in [1.807, 2.05) is 19.1 Å². The summed E-state index contributed by atoms with van der Waals surface area (Å²) >= 11 is 0. The van der Waals surface area contributed by atoms with Crippen molar-refractivity contribution in [1.29, 1.82) is 0 Å². The number of anilines is 1. The van der Waals surface area contributed by atoms with Crippen molar-refractivity contribution in [1.82, 2.24) is 4.90 Å². The van der Waals surface area contributed by atoms with Gasteiger partial charge in [-0.25, -0.2) is 0 Å². The van der Waals surface area contributed by atoms with Gasteiger partial charge in [-0.05, 0) is 25.5 Å². The lowest BCUT2D eigenvalue weighted by Gasteiger charge is -2.40. The second kappa shape index (κ2) is 6.95. The minimum absolute atomic E-state index is 0.224. The van der Waals surface area contributed by atoms with E-state index in [1.165, 1.54) is 5.69 Å². The number of aliphatic hydroxyl groups excluding tert-OH is 1. The van der Waals surface area contributed by atoms with Gasteiger partial charge in [0.05, 0.1) is 13.2 Å². The average Bonchev–Trinajstić information content (AvgIpc) is 2.53. The third-order valence-corrected chi connectivity index (χ3v) is 4.28. The molecule has 0 aliphatic carbocycles. The summed E-state index contributed by atoms with van der Waals surface area (Å²) in [6, 6.07) is 8.46. The van der Waals surface area contributed by atoms with Gasteiger partial charge in [-0.3, -0.25) is 4.90 Å². The first kappa shape index (κ1) is 15.1. The molecule has 0 saturated carbocycles. The monoisotopic (exact) mass is 278 g/mol. The quantitative estimate of drug-likeness (QED) is 0.893. The van der Waals surface area contributed by atoms with Gasteiger partial charge in [-0.15, -0.1) is 0 Å². The molecule has 0 bridgehead atoms. The lowest BCUT2D eigenvalue weighted by molar-refractivity contribution is 0.0528. The minimum atomic E-state index is -0.224. The van der Waals surface area contributed by atoms with Gasteiger partial charge in [-0.2, -0.15) is 0 Å². The lowest BCUT2D eigenvalue weighted by Crippen LogP contribution is -2.52. The third-order valence-electron chi connectivity index (χ3n) is 4.28. The standard InChI is InChI=1S/C16H26N2O2/c1-4-16(19)13(2)17-8-10-18(11-9-17)14-6-5-7-15(12-14)20-3/h5-7,12-13,16,19H,4,8-11H2,1-3H3. The maximum atomic E-state index is 9.96. The van der Waals surface area contributed by atoms with Gasteiger partial charge in [0.25, 0.3) is 0 Å². The topological polar surface area (TPSA) is 35.9 Å². The Bertz CT molecular complexity index is 417. The summed E-state index contributed by atoms with van der Waals surface area (Å²) in [5.74, 6) is 0.903. The van der Waals surface area contributed by atoms with E-state index in [2.05, 4.69) is 28.9 Å². The molecule has 1 aliphatic rings. The van der Waals surface area contributed by atoms with Gasteiger partial charge >= 0.3 is 0 Å². The van der Waals surface area contributed by atoms with Crippen LogP contribution < -0.4 is 9.64 Å². The Morgan fingerprint density at radius 2 is 1.95 bits per heavy atom. The zero-order valence-corrected chi connectivity index (χ0v) is 12.7. The molecule has 1 saturated heterocycles. The molecule has 1 aromatic rings. The summed E-state index contributed by atoms with van der Waals surface area (Å²) in [4.78, 5) is 4.76. The fourth-order valence-corrected chi connectivity index (χ4v) is 2.78. The summed E-state index contributed by atoms with van der Waals surface area (Å²) in [7, 11) is 1.70. The van der Waals surface area contributed by atoms with Crippen molar-refractivity contribution in [3.05, 3.63) is 24.3 Å². The van der Waals surface area contributed by atoms with Crippen LogP contribution in [0.4, 0.5) is 5.69 Å². The number of hydrogen-bond acceptors (Lipinski definition) is 4. The van der Waals surface area contributed by atoms with Crippen LogP contribution in [0.15, 0.2) is 24.3 Å². The van der Waals surface area contributed by atoms with E-state index < -0.39 is 0 Å². The lowest BCUT2D eigenvalue weighted by atomic mass is 10.1. The molecular weight excluding hydrogens is 252 g/mol. The van der Waals surface area contributed by atoms with Gasteiger partial charge < -0.3 is 14.7 Å². The van der Waals surface area contributed by atoms with Crippen molar-refractivity contribution in [2.75, 3.05) is 38.2 Å². The molecule has 0 spiro atoms. The van der Waals surface area contributed by atoms with Crippen LogP contribution >= 0.6 is 0 Å². The zero-order chi connectivity index (χ0) is 14.5. The minimum Gasteiger partial charge on any atom is -0.497 e. The second-order valence-electron chi connectivity index (χ2n) is 5.44. The molecule has 0 amide bonds. The SMILES string of the molecule is CCC(O)C(C)N1CCN(c2cccc(OC)c2)CC1. The van der Waals surface area contributed by atoms with E-state index in [9.17, 15) is 5.11 Å². The molecule has 0 aromatic heterocycles. The van der Waals surface area contributed by atoms with Crippen LogP contribution in [-0.4, -0.2) is 55.4 Å². The number of ether oxygens (including phenoxy) is 1. The van der Waals surface area contributed by atoms with Gasteiger partial charge in [0.2, 0.25) is 0 Å². The number of aliphatic hydroxyl groups is 1. The van der Waals surface area contributed by atoms with Crippen LogP contribution in [0.2, 0.25) is 0 Å². The summed E-state index contributed by atoms with van der Waals surface area (Å²) in [5, 5.41) is 9.96. The normalized spacial score (nSPS) is 19.7. The van der Waals surface area contributed by atoms with Crippen LogP contribution in [0.3, 0.4) is 0 Å². The van der Waals surface area contributed by atoms with Crippen LogP contribution in [0.25, 0.3) is 0 Å². The van der Waals surface area contributed by atoms with Crippen molar-refractivity contribution in [3.8, 4) is 5.75 Å². The van der Waals surface area contributed by atoms with Crippen LogP contribution in [0, 0.1) is 0 Å². The largest absolute Gasteiger partial charge is 0.497 e. The van der Waals surface area contributed by atoms with E-state index in [0.29, 0.717) is 0 Å². The molecule has 4 nitrogen and oxygen atoms in total. The highest BCUT2D eigenvalue weighted by atomic mass is 16.5. The Kier molecular flexibility index (Phi) is 5.26. The van der Waals surface area contributed by atoms with E-state index >= 15 is 0 Å². The number of rotatable bonds is 5. The molecule has 0 radical (unpaired) electrons. The molecule has 1 aliphatic heterocycles. The van der Waals surface area contributed by atoms with Crippen molar-refractivity contribution >= 4 is 5.69 Å². The number of methoxy groups -OCH3 is 1. The molecule has 2 atom stereocenters. The summed E-state index contributed by atoms with van der Waals surface area (Å²) in [6.07, 6.45) is 0.593. The van der Waals surface area contributed by atoms with Gasteiger partial charge in [0, 0.05) is 44.0 Å². The Morgan fingerprint density at radius 3 is 2.55 bits per heavy atom. The molecule has 2 rings (SSSR count). The van der Waals surface area contributed by atoms with Crippen molar-refractivity contribution in [3.63, 3.8) is 0 Å². The smallest absolute Gasteiger partial charge is 0.120 e. The third kappa shape index (κ3) is 3.44. The maximum Gasteiger partial charge on any atom is 0.120 e. The Labute approximate surface area is 122 Å². The molecule has 1 fully saturated rings. The van der Waals surface area contributed by atoms with Gasteiger partial charge in [0.1, 0.15) is 5.75 Å². The first-order chi connectivity index (χ1) is 9.65. The van der Waals surface area contributed by atoms with Crippen LogP contribution in [-0.2, 0) is 0 Å². The Hall–Kier alpha value is -1.26. The number of hydrogen-bond donors (Lipinski definition) is 1. The average molecular weight is 278 g/mol. The second-order valence-corrected chi connectivity index (χ2v) is 5.44. The molecule has 4 heteroatoms. The van der Waals surface area contributed by atoms with Crippen LogP contribution in [0.1, 0.15) is 20.3 Å². The highest BCUT2D eigenvalue weighted by Gasteiger charge is 2.24. The number of piperazine rings is 1. The van der Waals surface area contributed by atoms with E-state index in [1.54, 1.807) is 7.11 Å². The van der Waals surface area contributed by atoms with Crippen molar-refractivity contribution in [2.24, 2.45) is 0 Å². The van der Waals surface area contributed by atoms with Gasteiger partial charge in [-0.1, -0.05) is 13.0 Å². The first-order valence-electron chi connectivity index (χ1n) is 7.46. The van der Waals surface area contributed by atoms with E-state index in [0.717, 1.165) is 38.3 Å². The van der Waals surface area contributed by atoms with E-state index in [-0.39, 0.29) is 12.1 Å². The molecule has 1 N–H and O–H groups in total. The van der Waals surface area contributed by atoms with Crippen molar-refractivity contribution in [2.45, 2.75) is 32.4 Å². The predicted molar refractivity (Wildman–Crippen MR) is 82.5 cm³/mol. The number of benzene rings is 1. The molecule has 20 heavy (non-hydrogen) atoms. The summed E-state index contributed by atoms with van der Waals surface area (Å²) in [5.41, 5.74) is 1.22. The fourth-order valence-electron chi connectivity index (χ4n) is 2.78. The Balaban J connectivity index is 1.93. The highest BCUT2D eigenvalue weighted by molar-refractivity contribution is 5.51. The van der Waals surface area contributed by atoms with Gasteiger partial charge in [0.15, 0.2) is 0 Å². The zero-order valence-electron chi connectivity index (χ0n) is 12.7. The fraction of sp³-hybridized carbons (Fsp3) is 0.625. The van der Waals surface area contributed by atoms with Crippen LogP contribution in [0.5, 0.6) is 5.75 Å². The van der Waals surface area contributed by atoms with Crippen molar-refractivity contribution < 1.29 is 9.84 Å². The van der Waals surface area contributed by atoms with E-state index in [4.69, 9.17) is 4.74 Å². The Morgan fingerprint density at radius 1 is 1.25 bits per heavy atom. The summed E-state index contributed by atoms with van der Waals surface area (Å²) < 4.78 is 5.28. The molecule has 112 valence electrons. The molecule has 1 heterocycles. The molecular formula is C16H26N2O2. The predicted octanol–water partition coefficient (Wildman–Crippen LogP) is 1.98. The highest BCUT2D eigenvalue weighted by Crippen LogP contribution is 2.22. The molecule has 2 unspecified atom stereocenters. The molecule has 1 aromatic carbocycles. The maximum absolute atomic E-state index is 9.96.